The second-order valence-corrected chi connectivity index (χ2v) is 21.4. The van der Waals surface area contributed by atoms with Crippen LogP contribution in [-0.4, -0.2) is 146 Å². The van der Waals surface area contributed by atoms with Crippen LogP contribution in [0.2, 0.25) is 0 Å². The molecule has 466 valence electrons. The van der Waals surface area contributed by atoms with Crippen molar-refractivity contribution in [2.75, 3.05) is 28.4 Å². The van der Waals surface area contributed by atoms with Crippen LogP contribution in [-0.2, 0) is 66.8 Å². The fraction of sp³-hybridized carbons (Fsp3) is 0.508. The van der Waals surface area contributed by atoms with Crippen LogP contribution in [0, 0.1) is 23.7 Å². The molecule has 4 bridgehead atoms. The maximum Gasteiger partial charge on any atom is 0.405 e. The van der Waals surface area contributed by atoms with Crippen LogP contribution in [0.3, 0.4) is 0 Å². The molecular formula is C61H84N6O18. The minimum Gasteiger partial charge on any atom is -0.439 e. The number of aliphatic hydroxyl groups is 2. The average Bonchev–Trinajstić information content (AvgIpc) is 3.08. The average molecular weight is 1190 g/mol. The molecule has 2 aliphatic carbocycles. The van der Waals surface area contributed by atoms with E-state index in [1.54, 1.807) is 58.9 Å². The Labute approximate surface area is 495 Å². The van der Waals surface area contributed by atoms with Crippen molar-refractivity contribution in [3.05, 3.63) is 117 Å². The van der Waals surface area contributed by atoms with Crippen molar-refractivity contribution < 1.29 is 86.6 Å². The molecule has 85 heavy (non-hydrogen) atoms. The zero-order valence-corrected chi connectivity index (χ0v) is 50.8. The highest BCUT2D eigenvalue weighted by Gasteiger charge is 2.37. The molecule has 24 nitrogen and oxygen atoms in total. The number of hydrogen-bond acceptors (Lipinski definition) is 18. The summed E-state index contributed by atoms with van der Waals surface area (Å²) in [6, 6.07) is 0. The van der Waals surface area contributed by atoms with E-state index in [0.717, 1.165) is 12.2 Å². The van der Waals surface area contributed by atoms with Crippen LogP contribution in [0.4, 0.5) is 9.59 Å². The Morgan fingerprint density at radius 2 is 0.965 bits per heavy atom. The summed E-state index contributed by atoms with van der Waals surface area (Å²) < 4.78 is 33.0. The maximum absolute atomic E-state index is 13.6. The van der Waals surface area contributed by atoms with E-state index in [1.807, 2.05) is 13.8 Å². The van der Waals surface area contributed by atoms with Gasteiger partial charge in [0.15, 0.2) is 12.2 Å². The first-order valence-electron chi connectivity index (χ1n) is 27.7. The molecule has 12 atom stereocenters. The van der Waals surface area contributed by atoms with Crippen molar-refractivity contribution in [2.24, 2.45) is 35.1 Å². The van der Waals surface area contributed by atoms with Crippen LogP contribution >= 0.6 is 0 Å². The minimum atomic E-state index is -1.02. The summed E-state index contributed by atoms with van der Waals surface area (Å²) in [5.74, 6) is -6.23. The lowest BCUT2D eigenvalue weighted by molar-refractivity contribution is -0.122. The highest BCUT2D eigenvalue weighted by molar-refractivity contribution is 6.25. The molecule has 12 unspecified atom stereocenters. The molecule has 2 heterocycles. The summed E-state index contributed by atoms with van der Waals surface area (Å²) in [5.41, 5.74) is 11.6. The summed E-state index contributed by atoms with van der Waals surface area (Å²) in [7, 11) is 5.74. The fourth-order valence-corrected chi connectivity index (χ4v) is 9.85. The van der Waals surface area contributed by atoms with Crippen molar-refractivity contribution >= 4 is 58.9 Å². The number of carbonyl (C=O) groups excluding carboxylic acids is 10. The predicted molar refractivity (Wildman–Crippen MR) is 311 cm³/mol. The largest absolute Gasteiger partial charge is 0.439 e. The highest BCUT2D eigenvalue weighted by Crippen LogP contribution is 2.31. The van der Waals surface area contributed by atoms with E-state index in [1.165, 1.54) is 73.5 Å². The summed E-state index contributed by atoms with van der Waals surface area (Å²) in [6.45, 7) is 16.5. The number of aliphatic hydroxyl groups excluding tert-OH is 2. The summed E-state index contributed by atoms with van der Waals surface area (Å²) in [4.78, 5) is 126. The van der Waals surface area contributed by atoms with Gasteiger partial charge in [-0.1, -0.05) is 83.2 Å². The molecule has 4 rings (SSSR count). The third-order valence-corrected chi connectivity index (χ3v) is 14.5. The van der Waals surface area contributed by atoms with Crippen molar-refractivity contribution in [1.82, 2.24) is 21.3 Å². The first kappa shape index (κ1) is 71.5. The molecule has 0 aromatic rings. The number of amides is 6. The number of fused-ring (bicyclic) bond motifs is 4. The van der Waals surface area contributed by atoms with E-state index < -0.39 is 120 Å². The van der Waals surface area contributed by atoms with E-state index in [4.69, 9.17) is 39.9 Å². The second kappa shape index (κ2) is 33.7. The lowest BCUT2D eigenvalue weighted by Crippen LogP contribution is -2.38. The Kier molecular flexibility index (Phi) is 28.3. The van der Waals surface area contributed by atoms with Gasteiger partial charge in [-0.25, -0.2) is 9.59 Å². The molecule has 0 aromatic heterocycles. The Hall–Kier alpha value is -7.74. The van der Waals surface area contributed by atoms with Gasteiger partial charge >= 0.3 is 12.2 Å². The lowest BCUT2D eigenvalue weighted by Gasteiger charge is -2.30. The fourth-order valence-electron chi connectivity index (χ4n) is 9.85. The molecule has 4 aliphatic rings. The lowest BCUT2D eigenvalue weighted by atomic mass is 9.85. The Bertz CT molecular complexity index is 2890. The van der Waals surface area contributed by atoms with Crippen LogP contribution in [0.5, 0.6) is 0 Å². The van der Waals surface area contributed by atoms with Gasteiger partial charge in [0.25, 0.3) is 11.8 Å². The molecule has 24 heteroatoms. The van der Waals surface area contributed by atoms with Crippen LogP contribution in [0.25, 0.3) is 0 Å². The smallest absolute Gasteiger partial charge is 0.405 e. The van der Waals surface area contributed by atoms with E-state index in [9.17, 15) is 58.2 Å². The normalized spacial score (nSPS) is 31.4. The van der Waals surface area contributed by atoms with E-state index >= 15 is 0 Å². The van der Waals surface area contributed by atoms with Crippen molar-refractivity contribution in [3.63, 3.8) is 0 Å². The third-order valence-electron chi connectivity index (χ3n) is 14.5. The molecule has 0 aromatic carbocycles. The first-order chi connectivity index (χ1) is 39.9. The van der Waals surface area contributed by atoms with Gasteiger partial charge in [-0.2, -0.15) is 0 Å². The number of nitrogens with two attached hydrogens (primary N) is 2. The molecule has 6 amide bonds. The molecule has 0 fully saturated rings. The summed E-state index contributed by atoms with van der Waals surface area (Å²) in [6.07, 6.45) is 6.43. The number of ketones is 4. The van der Waals surface area contributed by atoms with Crippen LogP contribution in [0.15, 0.2) is 117 Å². The Morgan fingerprint density at radius 3 is 1.28 bits per heavy atom. The van der Waals surface area contributed by atoms with E-state index in [-0.39, 0.29) is 89.0 Å². The number of methoxy groups -OCH3 is 4. The third kappa shape index (κ3) is 20.8. The van der Waals surface area contributed by atoms with Gasteiger partial charge in [0.05, 0.1) is 47.2 Å². The van der Waals surface area contributed by atoms with Gasteiger partial charge < -0.3 is 71.4 Å². The molecule has 0 radical (unpaired) electrons. The Morgan fingerprint density at radius 1 is 0.600 bits per heavy atom. The van der Waals surface area contributed by atoms with Crippen LogP contribution in [0.1, 0.15) is 101 Å². The number of Topliss-reactive ketones (excluding diaryl/α,β-unsaturated/α-hetero) is 2. The summed E-state index contributed by atoms with van der Waals surface area (Å²) in [5, 5.41) is 32.4. The topological polar surface area (TPSA) is 367 Å². The van der Waals surface area contributed by atoms with Crippen LogP contribution < -0.4 is 32.7 Å². The van der Waals surface area contributed by atoms with Gasteiger partial charge in [0.2, 0.25) is 34.9 Å². The molecule has 2 aliphatic heterocycles. The van der Waals surface area contributed by atoms with Crippen molar-refractivity contribution in [2.45, 2.75) is 150 Å². The Balaban J connectivity index is 0.000000445. The SMILES string of the molecule is CCC(=O)NC1=C2CC(C)CC(OC)C(O)C(C)/C=C(\C)C(OC(N)=O)C(OC)/C=C\C=C(/C)C(=O)NC(=CC1=O)C2=O.COC1/C=C\C=C(/C)C(=O)NC2=CC(=O)C(NC(C)=O)=C(CC(C)CC(OC)C(O)C(C)/C=C(\C)C1OC(N)=O)C2=O. The number of primary amides is 2. The molecule has 10 N–H and O–H groups in total. The van der Waals surface area contributed by atoms with Gasteiger partial charge in [-0.15, -0.1) is 0 Å². The minimum absolute atomic E-state index is 0.0439. The number of ether oxygens (including phenoxy) is 6. The molecular weight excluding hydrogens is 1100 g/mol. The quantitative estimate of drug-likeness (QED) is 0.118. The van der Waals surface area contributed by atoms with E-state index in [0.29, 0.717) is 11.1 Å². The van der Waals surface area contributed by atoms with Gasteiger partial charge in [0, 0.05) is 88.1 Å². The molecule has 0 saturated heterocycles. The van der Waals surface area contributed by atoms with Gasteiger partial charge in [-0.3, -0.25) is 38.4 Å². The second-order valence-electron chi connectivity index (χ2n) is 21.4. The number of rotatable bonds is 9. The molecule has 0 spiro atoms. The highest BCUT2D eigenvalue weighted by atomic mass is 16.6. The van der Waals surface area contributed by atoms with Gasteiger partial charge in [-0.05, 0) is 76.4 Å². The first-order valence-corrected chi connectivity index (χ1v) is 27.7. The standard InChI is InChI=1S/C31H43N3O9.C30H41N3O9/c1-8-25(36)34-26-20-12-16(2)13-24(42-7)27(37)18(4)14-19(5)29(43-31(32)40)23(41-6)11-9-10-17(3)30(39)33-21(28(20)38)15-22(26)35;1-15-11-20-25(32-19(5)34)22(35)14-21(27(20)37)33-29(38)16(2)9-8-10-23(40-6)28(42-30(31)39)18(4)13-17(3)26(36)24(12-15)41-7/h9-11,14-16,18,23-24,27,29,37H,8,12-13H2,1-7H3,(H2,32,40)(H,33,39)(H,34,36);8-10,13-15,17,23-24,26,28,36H,11-12H2,1-7H3,(H2,31,39)(H,32,34)(H,33,38)/b11-9-,17-10+,19-14+;10-8-,16-9+,18-13+. The maximum atomic E-state index is 13.6. The monoisotopic (exact) mass is 1190 g/mol. The zero-order valence-electron chi connectivity index (χ0n) is 50.8. The molecule has 0 saturated carbocycles. The van der Waals surface area contributed by atoms with Gasteiger partial charge in [0.1, 0.15) is 12.2 Å². The van der Waals surface area contributed by atoms with E-state index in [2.05, 4.69) is 21.3 Å². The number of allylic oxidation sites excluding steroid dienone is 8. The number of hydrogen-bond donors (Lipinski definition) is 8. The predicted octanol–water partition coefficient (Wildman–Crippen LogP) is 4.19. The van der Waals surface area contributed by atoms with Crippen molar-refractivity contribution in [3.8, 4) is 0 Å². The van der Waals surface area contributed by atoms with Crippen molar-refractivity contribution in [1.29, 1.82) is 0 Å². The zero-order chi connectivity index (χ0) is 64.2. The summed E-state index contributed by atoms with van der Waals surface area (Å²) >= 11 is 0. The number of carbonyl (C=O) groups is 10. The number of nitrogens with one attached hydrogen (secondary N) is 4.